The topological polar surface area (TPSA) is 71.5 Å². The van der Waals surface area contributed by atoms with Gasteiger partial charge in [0, 0.05) is 50.8 Å². The van der Waals surface area contributed by atoms with Crippen molar-refractivity contribution in [2.45, 2.75) is 43.6 Å². The van der Waals surface area contributed by atoms with Crippen LogP contribution in [0, 0.1) is 11.9 Å². The summed E-state index contributed by atoms with van der Waals surface area (Å²) in [5.41, 5.74) is 0.906. The average Bonchev–Trinajstić information content (AvgIpc) is 3.27. The van der Waals surface area contributed by atoms with E-state index < -0.39 is 35.3 Å². The molecule has 5 heterocycles. The number of rotatable bonds is 7. The van der Waals surface area contributed by atoms with Crippen LogP contribution in [0.15, 0.2) is 48.9 Å². The molecule has 1 amide bonds. The van der Waals surface area contributed by atoms with E-state index in [-0.39, 0.29) is 11.5 Å². The molecule has 3 aromatic heterocycles. The summed E-state index contributed by atoms with van der Waals surface area (Å²) in [6.07, 6.45) is 1.37. The van der Waals surface area contributed by atoms with Gasteiger partial charge in [-0.25, -0.2) is 9.97 Å². The maximum absolute atomic E-state index is 13.5. The molecule has 5 rings (SSSR count). The second kappa shape index (κ2) is 11.2. The molecule has 0 bridgehead atoms. The van der Waals surface area contributed by atoms with Gasteiger partial charge < -0.3 is 14.5 Å². The van der Waals surface area contributed by atoms with Crippen molar-refractivity contribution < 1.29 is 31.5 Å². The van der Waals surface area contributed by atoms with Crippen LogP contribution in [0.1, 0.15) is 53.1 Å². The van der Waals surface area contributed by atoms with Crippen LogP contribution in [0.4, 0.5) is 22.0 Å². The highest BCUT2D eigenvalue weighted by molar-refractivity contribution is 5.86. The summed E-state index contributed by atoms with van der Waals surface area (Å²) >= 11 is 0. The largest absolute Gasteiger partial charge is 0.433 e. The van der Waals surface area contributed by atoms with Crippen LogP contribution < -0.4 is 0 Å². The molecule has 2 aliphatic rings. The minimum atomic E-state index is -4.61. The van der Waals surface area contributed by atoms with Crippen molar-refractivity contribution in [2.75, 3.05) is 33.2 Å². The smallest absolute Gasteiger partial charge is 0.365 e. The third-order valence-electron chi connectivity index (χ3n) is 7.70. The van der Waals surface area contributed by atoms with Crippen molar-refractivity contribution in [1.82, 2.24) is 24.8 Å². The molecular formula is C28H28F5N5O2. The van der Waals surface area contributed by atoms with Crippen LogP contribution in [-0.4, -0.2) is 63.9 Å². The molecule has 212 valence electrons. The van der Waals surface area contributed by atoms with E-state index in [4.69, 9.17) is 4.74 Å². The zero-order chi connectivity index (χ0) is 28.5. The van der Waals surface area contributed by atoms with Crippen LogP contribution in [0.3, 0.4) is 0 Å². The Bertz CT molecular complexity index is 1340. The van der Waals surface area contributed by atoms with E-state index in [2.05, 4.69) is 19.9 Å². The molecule has 1 saturated heterocycles. The number of likely N-dealkylation sites (N-methyl/N-ethyl adjacent to an activating group) is 1. The molecule has 1 fully saturated rings. The van der Waals surface area contributed by atoms with Crippen LogP contribution in [0.2, 0.25) is 0 Å². The Hall–Kier alpha value is -3.51. The van der Waals surface area contributed by atoms with Crippen LogP contribution in [-0.2, 0) is 27.9 Å². The molecule has 40 heavy (non-hydrogen) atoms. The molecule has 0 N–H and O–H groups in total. The molecular weight excluding hydrogens is 533 g/mol. The Morgan fingerprint density at radius 1 is 1.02 bits per heavy atom. The number of pyridine rings is 3. The molecule has 12 heteroatoms. The number of piperidine rings is 1. The standard InChI is InChI=1S/C28H28F5N5O2/c1-37(9-2-10-38-11-7-27(8-12-38)21-16-36-24(30)13-20(21)17-40-27)26(39)25(19-4-6-23(29)35-15-19)18-3-5-22(34-14-18)28(31,32)33/h3-6,13-16,25H,2,7-12,17H2,1H3. The summed E-state index contributed by atoms with van der Waals surface area (Å²) in [6, 6.07) is 5.97. The van der Waals surface area contributed by atoms with E-state index in [1.165, 1.54) is 29.3 Å². The lowest BCUT2D eigenvalue weighted by Gasteiger charge is -2.39. The monoisotopic (exact) mass is 561 g/mol. The predicted octanol–water partition coefficient (Wildman–Crippen LogP) is 4.67. The van der Waals surface area contributed by atoms with Gasteiger partial charge in [-0.05, 0) is 60.7 Å². The van der Waals surface area contributed by atoms with Crippen molar-refractivity contribution in [3.05, 3.63) is 88.8 Å². The summed E-state index contributed by atoms with van der Waals surface area (Å²) in [6.45, 7) is 3.06. The van der Waals surface area contributed by atoms with Gasteiger partial charge in [-0.2, -0.15) is 22.0 Å². The van der Waals surface area contributed by atoms with Gasteiger partial charge in [0.15, 0.2) is 0 Å². The zero-order valence-corrected chi connectivity index (χ0v) is 21.8. The lowest BCUT2D eigenvalue weighted by molar-refractivity contribution is -0.141. The number of ether oxygens (including phenoxy) is 1. The molecule has 2 aliphatic heterocycles. The highest BCUT2D eigenvalue weighted by atomic mass is 19.4. The van der Waals surface area contributed by atoms with E-state index in [1.54, 1.807) is 13.2 Å². The predicted molar refractivity (Wildman–Crippen MR) is 134 cm³/mol. The number of carbonyl (C=O) groups excluding carboxylic acids is 1. The Labute approximate surface area is 228 Å². The summed E-state index contributed by atoms with van der Waals surface area (Å²) in [7, 11) is 1.63. The third-order valence-corrected chi connectivity index (χ3v) is 7.70. The number of nitrogens with zero attached hydrogens (tertiary/aromatic N) is 5. The van der Waals surface area contributed by atoms with E-state index in [0.717, 1.165) is 61.9 Å². The van der Waals surface area contributed by atoms with Gasteiger partial charge in [0.25, 0.3) is 0 Å². The number of amides is 1. The molecule has 1 unspecified atom stereocenters. The maximum Gasteiger partial charge on any atom is 0.433 e. The highest BCUT2D eigenvalue weighted by Gasteiger charge is 2.43. The Morgan fingerprint density at radius 3 is 2.33 bits per heavy atom. The van der Waals surface area contributed by atoms with Crippen molar-refractivity contribution in [1.29, 1.82) is 0 Å². The van der Waals surface area contributed by atoms with Crippen molar-refractivity contribution in [3.8, 4) is 0 Å². The van der Waals surface area contributed by atoms with Crippen molar-refractivity contribution in [3.63, 3.8) is 0 Å². The summed E-state index contributed by atoms with van der Waals surface area (Å²) < 4.78 is 72.1. The maximum atomic E-state index is 13.5. The fourth-order valence-corrected chi connectivity index (χ4v) is 5.48. The highest BCUT2D eigenvalue weighted by Crippen LogP contribution is 2.43. The lowest BCUT2D eigenvalue weighted by atomic mass is 9.84. The number of likely N-dealkylation sites (tertiary alicyclic amines) is 1. The number of aromatic nitrogens is 3. The van der Waals surface area contributed by atoms with Gasteiger partial charge in [-0.1, -0.05) is 12.1 Å². The number of alkyl halides is 3. The second-order valence-corrected chi connectivity index (χ2v) is 10.2. The number of halogens is 5. The lowest BCUT2D eigenvalue weighted by Crippen LogP contribution is -2.43. The van der Waals surface area contributed by atoms with Gasteiger partial charge in [-0.3, -0.25) is 9.78 Å². The summed E-state index contributed by atoms with van der Waals surface area (Å²) in [5, 5.41) is 0. The van der Waals surface area contributed by atoms with Crippen molar-refractivity contribution >= 4 is 5.91 Å². The van der Waals surface area contributed by atoms with Gasteiger partial charge >= 0.3 is 6.18 Å². The quantitative estimate of drug-likeness (QED) is 0.309. The molecule has 1 atom stereocenters. The minimum Gasteiger partial charge on any atom is -0.365 e. The molecule has 0 aromatic carbocycles. The Morgan fingerprint density at radius 2 is 1.70 bits per heavy atom. The average molecular weight is 562 g/mol. The molecule has 1 spiro atoms. The minimum absolute atomic E-state index is 0.255. The van der Waals surface area contributed by atoms with Gasteiger partial charge in [-0.15, -0.1) is 0 Å². The van der Waals surface area contributed by atoms with Crippen molar-refractivity contribution in [2.24, 2.45) is 0 Å². The molecule has 0 saturated carbocycles. The number of fused-ring (bicyclic) bond motifs is 2. The molecule has 0 radical (unpaired) electrons. The van der Waals surface area contributed by atoms with Crippen LogP contribution in [0.25, 0.3) is 0 Å². The first kappa shape index (κ1) is 28.0. The second-order valence-electron chi connectivity index (χ2n) is 10.2. The third kappa shape index (κ3) is 5.83. The van der Waals surface area contributed by atoms with E-state index in [1.807, 2.05) is 0 Å². The van der Waals surface area contributed by atoms with E-state index in [0.29, 0.717) is 25.1 Å². The van der Waals surface area contributed by atoms with E-state index in [9.17, 15) is 26.7 Å². The van der Waals surface area contributed by atoms with Crippen LogP contribution >= 0.6 is 0 Å². The number of carbonyl (C=O) groups is 1. The molecule has 0 aliphatic carbocycles. The van der Waals surface area contributed by atoms with Gasteiger partial charge in [0.2, 0.25) is 17.8 Å². The van der Waals surface area contributed by atoms with Gasteiger partial charge in [0.1, 0.15) is 5.69 Å². The summed E-state index contributed by atoms with van der Waals surface area (Å²) in [5.74, 6) is -2.58. The number of hydrogen-bond acceptors (Lipinski definition) is 6. The first-order valence-electron chi connectivity index (χ1n) is 13.0. The van der Waals surface area contributed by atoms with Gasteiger partial charge in [0.05, 0.1) is 18.1 Å². The molecule has 3 aromatic rings. The fourth-order valence-electron chi connectivity index (χ4n) is 5.48. The van der Waals surface area contributed by atoms with Crippen LogP contribution in [0.5, 0.6) is 0 Å². The Kier molecular flexibility index (Phi) is 7.83. The SMILES string of the molecule is CN(CCCN1CCC2(CC1)OCc1cc(F)ncc12)C(=O)C(c1ccc(F)nc1)c1ccc(C(F)(F)F)nc1. The Balaban J connectivity index is 1.20. The zero-order valence-electron chi connectivity index (χ0n) is 21.8. The fraction of sp³-hybridized carbons (Fsp3) is 0.429. The first-order valence-corrected chi connectivity index (χ1v) is 13.0. The summed E-state index contributed by atoms with van der Waals surface area (Å²) in [4.78, 5) is 28.2. The van der Waals surface area contributed by atoms with E-state index >= 15 is 0 Å². The first-order chi connectivity index (χ1) is 19.1. The molecule has 7 nitrogen and oxygen atoms in total. The normalized spacial score (nSPS) is 17.6. The number of hydrogen-bond donors (Lipinski definition) is 0.